The maximum atomic E-state index is 12.9. The Balaban J connectivity index is 1.16. The van der Waals surface area contributed by atoms with Gasteiger partial charge in [-0.05, 0) is 49.1 Å². The molecule has 1 fully saturated rings. The van der Waals surface area contributed by atoms with Gasteiger partial charge in [-0.3, -0.25) is 4.79 Å². The second kappa shape index (κ2) is 8.86. The van der Waals surface area contributed by atoms with Crippen molar-refractivity contribution in [1.29, 1.82) is 0 Å². The first-order chi connectivity index (χ1) is 14.8. The van der Waals surface area contributed by atoms with Gasteiger partial charge in [0.25, 0.3) is 0 Å². The quantitative estimate of drug-likeness (QED) is 0.384. The molecule has 0 radical (unpaired) electrons. The lowest BCUT2D eigenvalue weighted by Crippen LogP contribution is -2.30. The smallest absolute Gasteiger partial charge is 0.223 e. The van der Waals surface area contributed by atoms with Gasteiger partial charge < -0.3 is 14.4 Å². The van der Waals surface area contributed by atoms with Crippen LogP contribution in [0.2, 0.25) is 0 Å². The van der Waals surface area contributed by atoms with Crippen molar-refractivity contribution < 1.29 is 14.3 Å². The van der Waals surface area contributed by atoms with E-state index >= 15 is 0 Å². The molecule has 1 amide bonds. The number of nitrogens with zero attached hydrogens (tertiary/aromatic N) is 2. The van der Waals surface area contributed by atoms with Crippen molar-refractivity contribution in [2.75, 3.05) is 25.5 Å². The van der Waals surface area contributed by atoms with Crippen molar-refractivity contribution in [1.82, 2.24) is 9.88 Å². The van der Waals surface area contributed by atoms with Gasteiger partial charge >= 0.3 is 0 Å². The van der Waals surface area contributed by atoms with E-state index in [0.717, 1.165) is 58.5 Å². The monoisotopic (exact) mass is 440 g/mol. The van der Waals surface area contributed by atoms with Crippen LogP contribution in [0.15, 0.2) is 46.8 Å². The summed E-state index contributed by atoms with van der Waals surface area (Å²) in [6.45, 7) is 2.01. The highest BCUT2D eigenvalue weighted by Gasteiger charge is 2.30. The van der Waals surface area contributed by atoms with Crippen LogP contribution < -0.4 is 9.47 Å². The van der Waals surface area contributed by atoms with Gasteiger partial charge in [0.1, 0.15) is 13.2 Å². The van der Waals surface area contributed by atoms with Gasteiger partial charge in [0.05, 0.1) is 16.3 Å². The zero-order valence-electron chi connectivity index (χ0n) is 16.7. The third-order valence-electron chi connectivity index (χ3n) is 5.56. The molecule has 1 saturated heterocycles. The molecule has 0 bridgehead atoms. The standard InChI is InChI=1S/C23H24N2O3S2/c26-22(8-4-14-29-23-24-17-5-1-2-7-21(17)30-23)25-11-3-6-18(25)16-9-10-19-20(15-16)28-13-12-27-19/h1-2,5,7,9-10,15,18H,3-4,6,8,11-14H2/t18-/m1/s1. The number of rotatable bonds is 6. The second-order valence-electron chi connectivity index (χ2n) is 7.55. The second-order valence-corrected chi connectivity index (χ2v) is 9.92. The number of hydrogen-bond donors (Lipinski definition) is 0. The summed E-state index contributed by atoms with van der Waals surface area (Å²) in [4.78, 5) is 19.6. The lowest BCUT2D eigenvalue weighted by Gasteiger charge is -2.27. The van der Waals surface area contributed by atoms with E-state index in [4.69, 9.17) is 9.47 Å². The zero-order valence-corrected chi connectivity index (χ0v) is 18.3. The summed E-state index contributed by atoms with van der Waals surface area (Å²) in [6, 6.07) is 14.5. The third kappa shape index (κ3) is 4.14. The molecular weight excluding hydrogens is 416 g/mol. The van der Waals surface area contributed by atoms with E-state index in [1.54, 1.807) is 23.1 Å². The number of likely N-dealkylation sites (tertiary alicyclic amines) is 1. The Labute approximate surface area is 184 Å². The van der Waals surface area contributed by atoms with Crippen molar-refractivity contribution in [3.05, 3.63) is 48.0 Å². The van der Waals surface area contributed by atoms with E-state index in [2.05, 4.69) is 17.1 Å². The van der Waals surface area contributed by atoms with Crippen LogP contribution in [0.25, 0.3) is 10.2 Å². The number of aromatic nitrogens is 1. The van der Waals surface area contributed by atoms with E-state index in [9.17, 15) is 4.79 Å². The summed E-state index contributed by atoms with van der Waals surface area (Å²) in [6.07, 6.45) is 3.50. The van der Waals surface area contributed by atoms with Crippen molar-refractivity contribution in [3.63, 3.8) is 0 Å². The number of carbonyl (C=O) groups excluding carboxylic acids is 1. The summed E-state index contributed by atoms with van der Waals surface area (Å²) >= 11 is 3.47. The van der Waals surface area contributed by atoms with E-state index in [1.165, 1.54) is 4.70 Å². The van der Waals surface area contributed by atoms with Gasteiger partial charge in [-0.15, -0.1) is 11.3 Å². The third-order valence-corrected chi connectivity index (χ3v) is 7.82. The number of para-hydroxylation sites is 1. The molecule has 0 saturated carbocycles. The van der Waals surface area contributed by atoms with Crippen molar-refractivity contribution in [2.45, 2.75) is 36.1 Å². The van der Waals surface area contributed by atoms with Gasteiger partial charge in [0.2, 0.25) is 5.91 Å². The summed E-state index contributed by atoms with van der Waals surface area (Å²) in [5.74, 6) is 2.75. The van der Waals surface area contributed by atoms with E-state index in [1.807, 2.05) is 35.2 Å². The summed E-state index contributed by atoms with van der Waals surface area (Å²) in [5.41, 5.74) is 2.20. The van der Waals surface area contributed by atoms with E-state index in [-0.39, 0.29) is 11.9 Å². The van der Waals surface area contributed by atoms with E-state index in [0.29, 0.717) is 19.6 Å². The molecule has 30 heavy (non-hydrogen) atoms. The number of ether oxygens (including phenoxy) is 2. The molecule has 0 unspecified atom stereocenters. The summed E-state index contributed by atoms with van der Waals surface area (Å²) in [7, 11) is 0. The highest BCUT2D eigenvalue weighted by molar-refractivity contribution is 8.01. The van der Waals surface area contributed by atoms with Gasteiger partial charge in [-0.25, -0.2) is 4.98 Å². The lowest BCUT2D eigenvalue weighted by molar-refractivity contribution is -0.132. The molecule has 3 aromatic rings. The fourth-order valence-corrected chi connectivity index (χ4v) is 6.20. The predicted molar refractivity (Wildman–Crippen MR) is 121 cm³/mol. The molecule has 2 aromatic carbocycles. The van der Waals surface area contributed by atoms with Gasteiger partial charge in [-0.1, -0.05) is 30.0 Å². The zero-order chi connectivity index (χ0) is 20.3. The average Bonchev–Trinajstić information content (AvgIpc) is 3.43. The normalized spacial score (nSPS) is 18.1. The molecule has 0 spiro atoms. The minimum absolute atomic E-state index is 0.144. The van der Waals surface area contributed by atoms with Crippen LogP contribution in [0.5, 0.6) is 11.5 Å². The highest BCUT2D eigenvalue weighted by atomic mass is 32.2. The topological polar surface area (TPSA) is 51.7 Å². The summed E-state index contributed by atoms with van der Waals surface area (Å²) < 4.78 is 13.7. The van der Waals surface area contributed by atoms with Crippen molar-refractivity contribution >= 4 is 39.2 Å². The minimum atomic E-state index is 0.144. The molecule has 2 aliphatic rings. The molecule has 0 N–H and O–H groups in total. The van der Waals surface area contributed by atoms with Crippen LogP contribution in [0.3, 0.4) is 0 Å². The molecule has 5 rings (SSSR count). The van der Waals surface area contributed by atoms with Crippen LogP contribution in [0, 0.1) is 0 Å². The van der Waals surface area contributed by atoms with Crippen molar-refractivity contribution in [3.8, 4) is 11.5 Å². The number of carbonyl (C=O) groups is 1. The molecule has 3 heterocycles. The molecular formula is C23H24N2O3S2. The molecule has 1 aromatic heterocycles. The Bertz CT molecular complexity index is 1020. The summed E-state index contributed by atoms with van der Waals surface area (Å²) in [5, 5.41) is 0. The van der Waals surface area contributed by atoms with Crippen LogP contribution >= 0.6 is 23.1 Å². The minimum Gasteiger partial charge on any atom is -0.486 e. The Morgan fingerprint density at radius 1 is 1.17 bits per heavy atom. The number of hydrogen-bond acceptors (Lipinski definition) is 6. The van der Waals surface area contributed by atoms with Gasteiger partial charge in [0.15, 0.2) is 15.8 Å². The van der Waals surface area contributed by atoms with Crippen LogP contribution in [-0.2, 0) is 4.79 Å². The van der Waals surface area contributed by atoms with Crippen LogP contribution in [0.4, 0.5) is 0 Å². The fraction of sp³-hybridized carbons (Fsp3) is 0.391. The number of thioether (sulfide) groups is 1. The number of fused-ring (bicyclic) bond motifs is 2. The van der Waals surface area contributed by atoms with E-state index < -0.39 is 0 Å². The highest BCUT2D eigenvalue weighted by Crippen LogP contribution is 2.38. The Morgan fingerprint density at radius 3 is 2.93 bits per heavy atom. The first-order valence-corrected chi connectivity index (χ1v) is 12.3. The maximum absolute atomic E-state index is 12.9. The molecule has 156 valence electrons. The number of amides is 1. The van der Waals surface area contributed by atoms with Crippen LogP contribution in [-0.4, -0.2) is 41.3 Å². The predicted octanol–water partition coefficient (Wildman–Crippen LogP) is 5.30. The molecule has 1 atom stereocenters. The SMILES string of the molecule is O=C(CCCSc1nc2ccccc2s1)N1CCC[C@@H]1c1ccc2c(c1)OCCO2. The number of thiazole rings is 1. The number of benzene rings is 2. The molecule has 2 aliphatic heterocycles. The average molecular weight is 441 g/mol. The Hall–Kier alpha value is -2.25. The maximum Gasteiger partial charge on any atom is 0.223 e. The molecule has 7 heteroatoms. The Kier molecular flexibility index (Phi) is 5.82. The van der Waals surface area contributed by atoms with Crippen molar-refractivity contribution in [2.24, 2.45) is 0 Å². The Morgan fingerprint density at radius 2 is 2.03 bits per heavy atom. The molecule has 0 aliphatic carbocycles. The largest absolute Gasteiger partial charge is 0.486 e. The molecule has 5 nitrogen and oxygen atoms in total. The van der Waals surface area contributed by atoms with Gasteiger partial charge in [0, 0.05) is 18.7 Å². The lowest BCUT2D eigenvalue weighted by atomic mass is 10.0. The fourth-order valence-electron chi connectivity index (χ4n) is 4.12. The van der Waals surface area contributed by atoms with Crippen LogP contribution in [0.1, 0.15) is 37.3 Å². The van der Waals surface area contributed by atoms with Gasteiger partial charge in [-0.2, -0.15) is 0 Å². The first kappa shape index (κ1) is 19.7. The first-order valence-electron chi connectivity index (χ1n) is 10.5.